The SMILES string of the molecule is O=c1n(Cc2ccncc2-c2ccccc2Cl)cc(O)n1-c1ccc(S(=O)(=O)C(F)(F)F)cc1. The molecule has 0 saturated heterocycles. The van der Waals surface area contributed by atoms with Gasteiger partial charge in [0.25, 0.3) is 9.84 Å². The minimum Gasteiger partial charge on any atom is -0.493 e. The Hall–Kier alpha value is -3.57. The van der Waals surface area contributed by atoms with Gasteiger partial charge in [-0.1, -0.05) is 29.8 Å². The van der Waals surface area contributed by atoms with Crippen LogP contribution in [-0.2, 0) is 16.4 Å². The third-order valence-electron chi connectivity index (χ3n) is 5.06. The van der Waals surface area contributed by atoms with Crippen LogP contribution in [0.25, 0.3) is 16.8 Å². The summed E-state index contributed by atoms with van der Waals surface area (Å²) in [6, 6.07) is 12.2. The van der Waals surface area contributed by atoms with E-state index in [9.17, 15) is 31.5 Å². The van der Waals surface area contributed by atoms with Crippen LogP contribution in [0.2, 0.25) is 5.02 Å². The van der Waals surface area contributed by atoms with Gasteiger partial charge >= 0.3 is 11.2 Å². The predicted octanol–water partition coefficient (Wildman–Crippen LogP) is 4.40. The molecule has 2 aromatic heterocycles. The first kappa shape index (κ1) is 23.6. The van der Waals surface area contributed by atoms with E-state index in [4.69, 9.17) is 11.6 Å². The fourth-order valence-corrected chi connectivity index (χ4v) is 4.41. The molecule has 2 heterocycles. The number of aromatic hydroxyl groups is 1. The molecule has 0 aliphatic heterocycles. The van der Waals surface area contributed by atoms with Crippen LogP contribution in [0.15, 0.2) is 82.9 Å². The second-order valence-corrected chi connectivity index (χ2v) is 9.54. The lowest BCUT2D eigenvalue weighted by atomic mass is 10.0. The van der Waals surface area contributed by atoms with Crippen LogP contribution in [-0.4, -0.2) is 33.2 Å². The van der Waals surface area contributed by atoms with Gasteiger partial charge in [0.2, 0.25) is 5.88 Å². The molecule has 0 fully saturated rings. The molecular weight excluding hydrogens is 495 g/mol. The number of hydrogen-bond donors (Lipinski definition) is 1. The lowest BCUT2D eigenvalue weighted by molar-refractivity contribution is -0.0436. The van der Waals surface area contributed by atoms with E-state index in [-0.39, 0.29) is 12.2 Å². The Morgan fingerprint density at radius 3 is 2.32 bits per heavy atom. The number of nitrogens with zero attached hydrogens (tertiary/aromatic N) is 3. The Labute approximate surface area is 196 Å². The van der Waals surface area contributed by atoms with Gasteiger partial charge in [0.1, 0.15) is 0 Å². The summed E-state index contributed by atoms with van der Waals surface area (Å²) in [6.07, 6.45) is 4.30. The maximum atomic E-state index is 13.0. The Kier molecular flexibility index (Phi) is 6.00. The number of alkyl halides is 3. The zero-order valence-electron chi connectivity index (χ0n) is 17.1. The van der Waals surface area contributed by atoms with Crippen LogP contribution in [0.1, 0.15) is 5.56 Å². The van der Waals surface area contributed by atoms with Gasteiger partial charge in [-0.3, -0.25) is 9.55 Å². The standard InChI is InChI=1S/C22H15ClF3N3O4S/c23-19-4-2-1-3-17(19)18-11-27-10-9-14(18)12-28-13-20(30)29(21(28)31)15-5-7-16(8-6-15)34(32,33)22(24,25)26/h1-11,13,30H,12H2. The van der Waals surface area contributed by atoms with Crippen molar-refractivity contribution < 1.29 is 26.7 Å². The molecule has 4 aromatic rings. The van der Waals surface area contributed by atoms with Crippen molar-refractivity contribution in [2.24, 2.45) is 0 Å². The first-order chi connectivity index (χ1) is 16.0. The monoisotopic (exact) mass is 509 g/mol. The molecule has 34 heavy (non-hydrogen) atoms. The fraction of sp³-hybridized carbons (Fsp3) is 0.0909. The molecule has 0 radical (unpaired) electrons. The summed E-state index contributed by atoms with van der Waals surface area (Å²) in [6.45, 7) is 0.0308. The van der Waals surface area contributed by atoms with Crippen LogP contribution in [0.4, 0.5) is 13.2 Å². The summed E-state index contributed by atoms with van der Waals surface area (Å²) < 4.78 is 63.4. The van der Waals surface area contributed by atoms with E-state index < -0.39 is 31.8 Å². The van der Waals surface area contributed by atoms with Crippen LogP contribution < -0.4 is 5.69 Å². The van der Waals surface area contributed by atoms with Gasteiger partial charge in [-0.25, -0.2) is 17.8 Å². The highest BCUT2D eigenvalue weighted by Gasteiger charge is 2.46. The van der Waals surface area contributed by atoms with E-state index in [1.54, 1.807) is 36.5 Å². The fourth-order valence-electron chi connectivity index (χ4n) is 3.41. The number of hydrogen-bond acceptors (Lipinski definition) is 5. The molecule has 176 valence electrons. The van der Waals surface area contributed by atoms with Gasteiger partial charge in [-0.05, 0) is 42.0 Å². The van der Waals surface area contributed by atoms with Gasteiger partial charge in [0, 0.05) is 28.5 Å². The quantitative estimate of drug-likeness (QED) is 0.430. The van der Waals surface area contributed by atoms with Crippen molar-refractivity contribution >= 4 is 21.4 Å². The van der Waals surface area contributed by atoms with Crippen molar-refractivity contribution in [2.75, 3.05) is 0 Å². The normalized spacial score (nSPS) is 12.1. The molecule has 4 rings (SSSR count). The number of pyridine rings is 1. The summed E-state index contributed by atoms with van der Waals surface area (Å²) in [5.74, 6) is -0.482. The molecule has 0 spiro atoms. The Balaban J connectivity index is 1.71. The van der Waals surface area contributed by atoms with E-state index in [0.29, 0.717) is 21.7 Å². The highest BCUT2D eigenvalue weighted by atomic mass is 35.5. The van der Waals surface area contributed by atoms with Gasteiger partial charge < -0.3 is 5.11 Å². The number of halogens is 4. The minimum absolute atomic E-state index is 0.0107. The smallest absolute Gasteiger partial charge is 0.493 e. The molecular formula is C22H15ClF3N3O4S. The number of aromatic nitrogens is 3. The van der Waals surface area contributed by atoms with E-state index >= 15 is 0 Å². The molecule has 0 aliphatic rings. The summed E-state index contributed by atoms with van der Waals surface area (Å²) in [5, 5.41) is 10.8. The zero-order valence-corrected chi connectivity index (χ0v) is 18.6. The van der Waals surface area contributed by atoms with Gasteiger partial charge in [-0.2, -0.15) is 13.2 Å². The topological polar surface area (TPSA) is 94.2 Å². The maximum Gasteiger partial charge on any atom is 0.501 e. The van der Waals surface area contributed by atoms with Crippen molar-refractivity contribution in [3.05, 3.63) is 94.3 Å². The third kappa shape index (κ3) is 4.19. The van der Waals surface area contributed by atoms with Crippen LogP contribution in [0.3, 0.4) is 0 Å². The van der Waals surface area contributed by atoms with Crippen molar-refractivity contribution in [3.63, 3.8) is 0 Å². The van der Waals surface area contributed by atoms with Crippen molar-refractivity contribution in [1.29, 1.82) is 0 Å². The molecule has 0 saturated carbocycles. The largest absolute Gasteiger partial charge is 0.501 e. The molecule has 0 amide bonds. The van der Waals surface area contributed by atoms with Crippen molar-refractivity contribution in [1.82, 2.24) is 14.1 Å². The highest BCUT2D eigenvalue weighted by molar-refractivity contribution is 7.92. The zero-order chi connectivity index (χ0) is 24.7. The lowest BCUT2D eigenvalue weighted by Crippen LogP contribution is -2.24. The third-order valence-corrected chi connectivity index (χ3v) is 6.90. The average Bonchev–Trinajstić information content (AvgIpc) is 3.06. The predicted molar refractivity (Wildman–Crippen MR) is 119 cm³/mol. The highest BCUT2D eigenvalue weighted by Crippen LogP contribution is 2.32. The second-order valence-electron chi connectivity index (χ2n) is 7.19. The van der Waals surface area contributed by atoms with Crippen LogP contribution in [0, 0.1) is 0 Å². The van der Waals surface area contributed by atoms with Gasteiger partial charge in [0.05, 0.1) is 23.3 Å². The molecule has 0 bridgehead atoms. The van der Waals surface area contributed by atoms with Crippen molar-refractivity contribution in [2.45, 2.75) is 16.9 Å². The molecule has 0 atom stereocenters. The summed E-state index contributed by atoms with van der Waals surface area (Å²) in [7, 11) is -5.54. The van der Waals surface area contributed by atoms with Gasteiger partial charge in [0.15, 0.2) is 0 Å². The van der Waals surface area contributed by atoms with E-state index in [2.05, 4.69) is 4.98 Å². The number of imidazole rings is 1. The van der Waals surface area contributed by atoms with E-state index in [1.807, 2.05) is 0 Å². The molecule has 0 unspecified atom stereocenters. The number of rotatable bonds is 5. The number of sulfone groups is 1. The molecule has 12 heteroatoms. The second kappa shape index (κ2) is 8.65. The lowest BCUT2D eigenvalue weighted by Gasteiger charge is -2.11. The molecule has 2 aromatic carbocycles. The summed E-state index contributed by atoms with van der Waals surface area (Å²) >= 11 is 6.29. The first-order valence-corrected chi connectivity index (χ1v) is 11.5. The van der Waals surface area contributed by atoms with Gasteiger partial charge in [-0.15, -0.1) is 0 Å². The van der Waals surface area contributed by atoms with Crippen LogP contribution >= 0.6 is 11.6 Å². The first-order valence-electron chi connectivity index (χ1n) is 9.61. The minimum atomic E-state index is -5.54. The van der Waals surface area contributed by atoms with E-state index in [0.717, 1.165) is 28.8 Å². The summed E-state index contributed by atoms with van der Waals surface area (Å²) in [4.78, 5) is 16.1. The number of benzene rings is 2. The average molecular weight is 510 g/mol. The summed E-state index contributed by atoms with van der Waals surface area (Å²) in [5.41, 5.74) is -4.11. The Morgan fingerprint density at radius 1 is 1.00 bits per heavy atom. The Morgan fingerprint density at radius 2 is 1.68 bits per heavy atom. The molecule has 7 nitrogen and oxygen atoms in total. The van der Waals surface area contributed by atoms with Crippen LogP contribution in [0.5, 0.6) is 5.88 Å². The molecule has 0 aliphatic carbocycles. The Bertz CT molecular complexity index is 1530. The maximum absolute atomic E-state index is 13.0. The molecule has 1 N–H and O–H groups in total. The van der Waals surface area contributed by atoms with E-state index in [1.165, 1.54) is 17.0 Å². The van der Waals surface area contributed by atoms with Crippen molar-refractivity contribution in [3.8, 4) is 22.7 Å².